The molecule has 3 rings (SSSR count). The van der Waals surface area contributed by atoms with E-state index in [0.717, 1.165) is 43.8 Å². The molecule has 35 heavy (non-hydrogen) atoms. The highest BCUT2D eigenvalue weighted by Gasteiger charge is 2.25. The van der Waals surface area contributed by atoms with Crippen molar-refractivity contribution >= 4 is 23.6 Å². The van der Waals surface area contributed by atoms with Crippen molar-refractivity contribution in [1.29, 1.82) is 0 Å². The lowest BCUT2D eigenvalue weighted by Crippen LogP contribution is -2.38. The zero-order valence-corrected chi connectivity index (χ0v) is 19.5. The molecule has 1 aliphatic rings. The highest BCUT2D eigenvalue weighted by atomic mass is 19.1. The van der Waals surface area contributed by atoms with E-state index in [-0.39, 0.29) is 17.5 Å². The van der Waals surface area contributed by atoms with Gasteiger partial charge in [0.25, 0.3) is 0 Å². The van der Waals surface area contributed by atoms with Crippen molar-refractivity contribution in [3.8, 4) is 5.75 Å². The lowest BCUT2D eigenvalue weighted by atomic mass is 9.89. The first kappa shape index (κ1) is 27.5. The van der Waals surface area contributed by atoms with Gasteiger partial charge in [0.2, 0.25) is 0 Å². The number of aliphatic imine (C=N–C) groups is 1. The van der Waals surface area contributed by atoms with Crippen LogP contribution in [-0.2, 0) is 16.1 Å². The van der Waals surface area contributed by atoms with Crippen molar-refractivity contribution in [2.45, 2.75) is 25.8 Å². The summed E-state index contributed by atoms with van der Waals surface area (Å²) in [6.07, 6.45) is 2.34. The summed E-state index contributed by atoms with van der Waals surface area (Å²) in [5.74, 6) is -2.39. The van der Waals surface area contributed by atoms with Gasteiger partial charge in [-0.15, -0.1) is 0 Å². The lowest BCUT2D eigenvalue weighted by molar-refractivity contribution is -0.159. The Morgan fingerprint density at radius 1 is 1.09 bits per heavy atom. The van der Waals surface area contributed by atoms with Gasteiger partial charge in [0, 0.05) is 24.4 Å². The average Bonchev–Trinajstić information content (AvgIpc) is 2.87. The molecule has 0 saturated carbocycles. The number of ketones is 1. The molecule has 0 spiro atoms. The Balaban J connectivity index is 0.000000641. The maximum atomic E-state index is 13.0. The largest absolute Gasteiger partial charge is 0.497 e. The second kappa shape index (κ2) is 13.8. The van der Waals surface area contributed by atoms with E-state index in [0.29, 0.717) is 24.4 Å². The Morgan fingerprint density at radius 3 is 2.29 bits per heavy atom. The standard InChI is InChI=1S/C23H28FN3O2.C2H2O4/c1-29-21-4-2-3-17(15-21)16-26-22(25)11-14-27-12-9-19(10-13-27)23(28)18-5-7-20(24)8-6-18;3-1(4)2(5)6/h2-8,15,19H,9-14,16H2,1H3,(H2,25,26);(H,3,4)(H,5,6). The van der Waals surface area contributed by atoms with Gasteiger partial charge in [-0.05, 0) is 67.9 Å². The smallest absolute Gasteiger partial charge is 0.414 e. The first-order chi connectivity index (χ1) is 16.7. The molecule has 0 unspecified atom stereocenters. The Hall–Kier alpha value is -3.79. The third-order valence-electron chi connectivity index (χ3n) is 5.55. The second-order valence-corrected chi connectivity index (χ2v) is 8.01. The minimum atomic E-state index is -1.82. The van der Waals surface area contributed by atoms with Crippen LogP contribution in [0.5, 0.6) is 5.75 Å². The molecular formula is C25H30FN3O6. The predicted molar refractivity (Wildman–Crippen MR) is 128 cm³/mol. The molecule has 0 aliphatic carbocycles. The number of carbonyl (C=O) groups excluding carboxylic acids is 1. The monoisotopic (exact) mass is 487 g/mol. The Kier molecular flexibility index (Phi) is 10.8. The fourth-order valence-corrected chi connectivity index (χ4v) is 3.58. The van der Waals surface area contributed by atoms with Gasteiger partial charge in [0.05, 0.1) is 19.5 Å². The molecule has 2 aromatic rings. The van der Waals surface area contributed by atoms with Crippen LogP contribution < -0.4 is 10.5 Å². The Morgan fingerprint density at radius 2 is 1.71 bits per heavy atom. The van der Waals surface area contributed by atoms with Crippen LogP contribution in [0.25, 0.3) is 0 Å². The van der Waals surface area contributed by atoms with Gasteiger partial charge in [-0.25, -0.2) is 14.0 Å². The molecule has 1 aliphatic heterocycles. The number of ether oxygens (including phenoxy) is 1. The molecule has 1 heterocycles. The number of halogens is 1. The summed E-state index contributed by atoms with van der Waals surface area (Å²) in [5.41, 5.74) is 7.74. The highest BCUT2D eigenvalue weighted by molar-refractivity contribution is 6.27. The van der Waals surface area contributed by atoms with Crippen molar-refractivity contribution in [2.24, 2.45) is 16.6 Å². The molecule has 10 heteroatoms. The number of piperidine rings is 1. The number of methoxy groups -OCH3 is 1. The zero-order chi connectivity index (χ0) is 25.8. The van der Waals surface area contributed by atoms with Crippen LogP contribution in [0.15, 0.2) is 53.5 Å². The van der Waals surface area contributed by atoms with Crippen molar-refractivity contribution in [3.05, 3.63) is 65.5 Å². The summed E-state index contributed by atoms with van der Waals surface area (Å²) in [6.45, 7) is 3.10. The number of carbonyl (C=O) groups is 3. The van der Waals surface area contributed by atoms with Crippen LogP contribution in [0.4, 0.5) is 4.39 Å². The van der Waals surface area contributed by atoms with Crippen molar-refractivity contribution in [1.82, 2.24) is 4.90 Å². The molecule has 1 fully saturated rings. The van der Waals surface area contributed by atoms with Crippen LogP contribution in [-0.4, -0.2) is 65.4 Å². The van der Waals surface area contributed by atoms with Crippen molar-refractivity contribution in [3.63, 3.8) is 0 Å². The maximum absolute atomic E-state index is 13.0. The number of likely N-dealkylation sites (tertiary alicyclic amines) is 1. The number of hydrogen-bond acceptors (Lipinski definition) is 6. The number of benzene rings is 2. The molecule has 9 nitrogen and oxygen atoms in total. The van der Waals surface area contributed by atoms with Gasteiger partial charge in [-0.1, -0.05) is 12.1 Å². The first-order valence-corrected chi connectivity index (χ1v) is 11.1. The summed E-state index contributed by atoms with van der Waals surface area (Å²) in [6, 6.07) is 13.6. The van der Waals surface area contributed by atoms with E-state index in [4.69, 9.17) is 30.3 Å². The summed E-state index contributed by atoms with van der Waals surface area (Å²) >= 11 is 0. The van der Waals surface area contributed by atoms with Crippen molar-refractivity contribution < 1.29 is 33.7 Å². The van der Waals surface area contributed by atoms with E-state index in [1.165, 1.54) is 12.1 Å². The van der Waals surface area contributed by atoms with Crippen LogP contribution in [0.2, 0.25) is 0 Å². The van der Waals surface area contributed by atoms with E-state index < -0.39 is 11.9 Å². The van der Waals surface area contributed by atoms with Gasteiger partial charge in [-0.2, -0.15) is 0 Å². The molecule has 4 N–H and O–H groups in total. The van der Waals surface area contributed by atoms with Gasteiger partial charge in [0.15, 0.2) is 5.78 Å². The summed E-state index contributed by atoms with van der Waals surface area (Å²) in [7, 11) is 1.65. The third kappa shape index (κ3) is 9.54. The number of rotatable bonds is 8. The van der Waals surface area contributed by atoms with Crippen LogP contribution in [0.3, 0.4) is 0 Å². The first-order valence-electron chi connectivity index (χ1n) is 11.1. The van der Waals surface area contributed by atoms with E-state index in [2.05, 4.69) is 9.89 Å². The van der Waals surface area contributed by atoms with E-state index in [1.54, 1.807) is 19.2 Å². The summed E-state index contributed by atoms with van der Waals surface area (Å²) in [5, 5.41) is 14.8. The number of hydrogen-bond donors (Lipinski definition) is 3. The molecule has 0 radical (unpaired) electrons. The average molecular weight is 488 g/mol. The number of aliphatic carboxylic acids is 2. The fourth-order valence-electron chi connectivity index (χ4n) is 3.58. The molecule has 188 valence electrons. The normalized spacial score (nSPS) is 14.5. The molecular weight excluding hydrogens is 457 g/mol. The highest BCUT2D eigenvalue weighted by Crippen LogP contribution is 2.22. The minimum absolute atomic E-state index is 0.00999. The van der Waals surface area contributed by atoms with E-state index in [9.17, 15) is 9.18 Å². The number of Topliss-reactive ketones (excluding diaryl/α,β-unsaturated/α-hetero) is 1. The van der Waals surface area contributed by atoms with E-state index >= 15 is 0 Å². The molecule has 0 amide bonds. The number of nitrogens with two attached hydrogens (primary N) is 1. The molecule has 2 aromatic carbocycles. The van der Waals surface area contributed by atoms with Crippen LogP contribution in [0.1, 0.15) is 35.2 Å². The van der Waals surface area contributed by atoms with E-state index in [1.807, 2.05) is 24.3 Å². The van der Waals surface area contributed by atoms with Gasteiger partial charge >= 0.3 is 11.9 Å². The summed E-state index contributed by atoms with van der Waals surface area (Å²) < 4.78 is 18.3. The zero-order valence-electron chi connectivity index (χ0n) is 19.5. The Labute approximate surface area is 203 Å². The quantitative estimate of drug-likeness (QED) is 0.223. The number of carboxylic acids is 2. The predicted octanol–water partition coefficient (Wildman–Crippen LogP) is 2.83. The molecule has 0 bridgehead atoms. The Bertz CT molecular complexity index is 1020. The van der Waals surface area contributed by atoms with Gasteiger partial charge < -0.3 is 25.6 Å². The third-order valence-corrected chi connectivity index (χ3v) is 5.55. The topological polar surface area (TPSA) is 143 Å². The number of amidine groups is 1. The second-order valence-electron chi connectivity index (χ2n) is 8.01. The summed E-state index contributed by atoms with van der Waals surface area (Å²) in [4.78, 5) is 37.6. The SMILES string of the molecule is COc1cccc(CN=C(N)CCN2CCC(C(=O)c3ccc(F)cc3)CC2)c1.O=C(O)C(=O)O. The number of nitrogens with zero attached hydrogens (tertiary/aromatic N) is 2. The lowest BCUT2D eigenvalue weighted by Gasteiger charge is -2.31. The van der Waals surface area contributed by atoms with Crippen molar-refractivity contribution in [2.75, 3.05) is 26.7 Å². The van der Waals surface area contributed by atoms with Gasteiger partial charge in [-0.3, -0.25) is 9.79 Å². The molecule has 1 saturated heterocycles. The van der Waals surface area contributed by atoms with Gasteiger partial charge in [0.1, 0.15) is 11.6 Å². The number of carboxylic acid groups (broad SMARTS) is 2. The van der Waals surface area contributed by atoms with Crippen LogP contribution >= 0.6 is 0 Å². The van der Waals surface area contributed by atoms with Crippen LogP contribution in [0, 0.1) is 11.7 Å². The molecule has 0 aromatic heterocycles. The molecule has 0 atom stereocenters. The minimum Gasteiger partial charge on any atom is -0.497 e. The fraction of sp³-hybridized carbons (Fsp3) is 0.360. The maximum Gasteiger partial charge on any atom is 0.414 e.